The first-order chi connectivity index (χ1) is 30.7. The van der Waals surface area contributed by atoms with Crippen LogP contribution in [-0.4, -0.2) is 19.5 Å². The molecular weight excluding hydrogens is 753 g/mol. The number of nitrogens with zero attached hydrogens (tertiary/aromatic N) is 4. The molecule has 4 heteroatoms. The summed E-state index contributed by atoms with van der Waals surface area (Å²) in [6.45, 7) is 0. The third-order valence-electron chi connectivity index (χ3n) is 12.5. The van der Waals surface area contributed by atoms with E-state index >= 15 is 0 Å². The molecule has 0 atom stereocenters. The molecule has 11 aromatic rings. The second-order valence-corrected chi connectivity index (χ2v) is 16.0. The minimum Gasteiger partial charge on any atom is -0.309 e. The van der Waals surface area contributed by atoms with Crippen molar-refractivity contribution in [3.8, 4) is 62.1 Å². The van der Waals surface area contributed by atoms with Crippen molar-refractivity contribution < 1.29 is 0 Å². The lowest BCUT2D eigenvalue weighted by Crippen LogP contribution is -2.28. The van der Waals surface area contributed by atoms with Crippen LogP contribution in [0.15, 0.2) is 231 Å². The van der Waals surface area contributed by atoms with E-state index in [4.69, 9.17) is 15.0 Å². The van der Waals surface area contributed by atoms with E-state index in [1.165, 1.54) is 44.2 Å². The first-order valence-electron chi connectivity index (χ1n) is 21.1. The lowest BCUT2D eigenvalue weighted by Gasteiger charge is -2.34. The molecule has 2 aromatic heterocycles. The minimum absolute atomic E-state index is 0.515. The summed E-state index contributed by atoms with van der Waals surface area (Å²) in [6.07, 6.45) is 0. The van der Waals surface area contributed by atoms with Crippen molar-refractivity contribution in [2.75, 3.05) is 0 Å². The zero-order valence-electron chi connectivity index (χ0n) is 33.7. The lowest BCUT2D eigenvalue weighted by molar-refractivity contribution is 0.769. The van der Waals surface area contributed by atoms with Crippen molar-refractivity contribution in [1.29, 1.82) is 0 Å². The molecule has 4 nitrogen and oxygen atoms in total. The molecule has 1 aliphatic carbocycles. The summed E-state index contributed by atoms with van der Waals surface area (Å²) in [5.74, 6) is 1.87. The van der Waals surface area contributed by atoms with Gasteiger partial charge in [-0.15, -0.1) is 0 Å². The molecule has 0 spiro atoms. The number of benzene rings is 9. The second-order valence-electron chi connectivity index (χ2n) is 16.0. The van der Waals surface area contributed by atoms with Crippen molar-refractivity contribution in [2.24, 2.45) is 0 Å². The van der Waals surface area contributed by atoms with Gasteiger partial charge in [0.15, 0.2) is 17.5 Å². The molecule has 0 fully saturated rings. The molecule has 12 rings (SSSR count). The maximum Gasteiger partial charge on any atom is 0.164 e. The number of rotatable bonds is 7. The minimum atomic E-state index is -0.515. The van der Waals surface area contributed by atoms with E-state index in [1.807, 2.05) is 24.3 Å². The molecule has 0 radical (unpaired) electrons. The SMILES string of the molecule is c1ccc(-c2cccc(-c3nc(-c4ccccc4)nc(-c4cccc(-n5c6ccccc6c6cc7c(cc65)C(c5ccccc5)(c5ccccc5)c5ccccc5-7)c4)n3)c2)cc1. The first-order valence-corrected chi connectivity index (χ1v) is 21.1. The molecule has 0 unspecified atom stereocenters. The van der Waals surface area contributed by atoms with E-state index in [9.17, 15) is 0 Å². The van der Waals surface area contributed by atoms with Crippen molar-refractivity contribution in [1.82, 2.24) is 19.5 Å². The Hall–Kier alpha value is -8.21. The number of fused-ring (bicyclic) bond motifs is 6. The fourth-order valence-electron chi connectivity index (χ4n) is 9.78. The average Bonchev–Trinajstić information content (AvgIpc) is 3.84. The fourth-order valence-corrected chi connectivity index (χ4v) is 9.78. The van der Waals surface area contributed by atoms with E-state index in [-0.39, 0.29) is 0 Å². The molecular formula is C58H38N4. The molecule has 62 heavy (non-hydrogen) atoms. The Morgan fingerprint density at radius 3 is 1.52 bits per heavy atom. The Kier molecular flexibility index (Phi) is 8.36. The predicted molar refractivity (Wildman–Crippen MR) is 253 cm³/mol. The summed E-state index contributed by atoms with van der Waals surface area (Å²) >= 11 is 0. The van der Waals surface area contributed by atoms with Crippen molar-refractivity contribution in [2.45, 2.75) is 5.41 Å². The lowest BCUT2D eigenvalue weighted by atomic mass is 9.67. The molecule has 9 aromatic carbocycles. The molecule has 0 amide bonds. The van der Waals surface area contributed by atoms with E-state index in [1.54, 1.807) is 0 Å². The summed E-state index contributed by atoms with van der Waals surface area (Å²) in [5.41, 5.74) is 15.4. The Labute approximate surface area is 360 Å². The van der Waals surface area contributed by atoms with Crippen LogP contribution < -0.4 is 0 Å². The highest BCUT2D eigenvalue weighted by Gasteiger charge is 2.46. The Morgan fingerprint density at radius 2 is 0.823 bits per heavy atom. The maximum atomic E-state index is 5.21. The predicted octanol–water partition coefficient (Wildman–Crippen LogP) is 14.0. The molecule has 0 bridgehead atoms. The number of aromatic nitrogens is 4. The zero-order valence-corrected chi connectivity index (χ0v) is 33.7. The number of hydrogen-bond donors (Lipinski definition) is 0. The van der Waals surface area contributed by atoms with Crippen molar-refractivity contribution >= 4 is 21.8 Å². The van der Waals surface area contributed by atoms with Gasteiger partial charge in [0.1, 0.15) is 0 Å². The monoisotopic (exact) mass is 790 g/mol. The molecule has 0 aliphatic heterocycles. The van der Waals surface area contributed by atoms with Crippen LogP contribution in [0.5, 0.6) is 0 Å². The van der Waals surface area contributed by atoms with Crippen LogP contribution in [0.1, 0.15) is 22.3 Å². The Morgan fingerprint density at radius 1 is 0.306 bits per heavy atom. The molecule has 2 heterocycles. The molecule has 1 aliphatic rings. The van der Waals surface area contributed by atoms with Gasteiger partial charge in [-0.1, -0.05) is 194 Å². The highest BCUT2D eigenvalue weighted by molar-refractivity contribution is 6.12. The second kappa shape index (κ2) is 14.5. The third kappa shape index (κ3) is 5.65. The van der Waals surface area contributed by atoms with E-state index < -0.39 is 5.41 Å². The van der Waals surface area contributed by atoms with Crippen LogP contribution in [0, 0.1) is 0 Å². The smallest absolute Gasteiger partial charge is 0.164 e. The molecule has 0 saturated heterocycles. The molecule has 290 valence electrons. The normalized spacial score (nSPS) is 12.6. The van der Waals surface area contributed by atoms with Gasteiger partial charge in [-0.2, -0.15) is 0 Å². The summed E-state index contributed by atoms with van der Waals surface area (Å²) in [4.78, 5) is 15.4. The summed E-state index contributed by atoms with van der Waals surface area (Å²) in [6, 6.07) is 82.4. The van der Waals surface area contributed by atoms with Gasteiger partial charge < -0.3 is 4.57 Å². The van der Waals surface area contributed by atoms with Crippen LogP contribution >= 0.6 is 0 Å². The van der Waals surface area contributed by atoms with Gasteiger partial charge in [-0.05, 0) is 80.9 Å². The van der Waals surface area contributed by atoms with Crippen LogP contribution in [0.2, 0.25) is 0 Å². The van der Waals surface area contributed by atoms with Gasteiger partial charge in [0.2, 0.25) is 0 Å². The van der Waals surface area contributed by atoms with Gasteiger partial charge in [0.05, 0.1) is 16.4 Å². The van der Waals surface area contributed by atoms with Crippen molar-refractivity contribution in [3.63, 3.8) is 0 Å². The summed E-state index contributed by atoms with van der Waals surface area (Å²) in [7, 11) is 0. The number of para-hydroxylation sites is 1. The van der Waals surface area contributed by atoms with Gasteiger partial charge >= 0.3 is 0 Å². The van der Waals surface area contributed by atoms with Gasteiger partial charge in [0.25, 0.3) is 0 Å². The van der Waals surface area contributed by atoms with Crippen LogP contribution in [-0.2, 0) is 5.41 Å². The zero-order chi connectivity index (χ0) is 41.0. The quantitative estimate of drug-likeness (QED) is 0.161. The van der Waals surface area contributed by atoms with Gasteiger partial charge in [0, 0.05) is 33.2 Å². The van der Waals surface area contributed by atoms with E-state index in [0.717, 1.165) is 44.5 Å². The fraction of sp³-hybridized carbons (Fsp3) is 0.0172. The molecule has 0 saturated carbocycles. The standard InChI is InChI=1S/C58H38N4/c1-5-19-39(20-6-1)41-23-17-24-42(35-41)56-59-55(40-21-7-2-8-22-40)60-57(61-56)43-25-18-30-46(36-43)62-53-34-16-14-32-48(53)50-37-49-47-31-13-15-33-51(47)58(52(49)38-54(50)62,44-26-9-3-10-27-44)45-28-11-4-12-29-45/h1-38H. The largest absolute Gasteiger partial charge is 0.309 e. The maximum absolute atomic E-state index is 5.21. The Bertz CT molecular complexity index is 3410. The highest BCUT2D eigenvalue weighted by Crippen LogP contribution is 2.57. The first kappa shape index (κ1) is 35.7. The summed E-state index contributed by atoms with van der Waals surface area (Å²) < 4.78 is 2.42. The van der Waals surface area contributed by atoms with E-state index in [2.05, 4.69) is 211 Å². The summed E-state index contributed by atoms with van der Waals surface area (Å²) in [5, 5.41) is 2.42. The van der Waals surface area contributed by atoms with Gasteiger partial charge in [-0.25, -0.2) is 15.0 Å². The average molecular weight is 791 g/mol. The topological polar surface area (TPSA) is 43.6 Å². The van der Waals surface area contributed by atoms with Crippen LogP contribution in [0.3, 0.4) is 0 Å². The Balaban J connectivity index is 1.08. The number of hydrogen-bond acceptors (Lipinski definition) is 3. The third-order valence-corrected chi connectivity index (χ3v) is 12.5. The van der Waals surface area contributed by atoms with Crippen molar-refractivity contribution in [3.05, 3.63) is 253 Å². The highest BCUT2D eigenvalue weighted by atomic mass is 15.0. The van der Waals surface area contributed by atoms with Crippen LogP contribution in [0.4, 0.5) is 0 Å². The molecule has 0 N–H and O–H groups in total. The van der Waals surface area contributed by atoms with Gasteiger partial charge in [-0.3, -0.25) is 0 Å². The van der Waals surface area contributed by atoms with E-state index in [0.29, 0.717) is 17.5 Å². The van der Waals surface area contributed by atoms with Crippen LogP contribution in [0.25, 0.3) is 83.9 Å².